The number of anilines is 2. The van der Waals surface area contributed by atoms with Gasteiger partial charge in [-0.25, -0.2) is 4.79 Å². The van der Waals surface area contributed by atoms with Gasteiger partial charge in [0.05, 0.1) is 23.4 Å². The van der Waals surface area contributed by atoms with Gasteiger partial charge in [-0.3, -0.25) is 4.79 Å². The quantitative estimate of drug-likeness (QED) is 0.798. The summed E-state index contributed by atoms with van der Waals surface area (Å²) < 4.78 is 6.10. The van der Waals surface area contributed by atoms with E-state index >= 15 is 0 Å². The van der Waals surface area contributed by atoms with Gasteiger partial charge < -0.3 is 19.6 Å². The lowest BCUT2D eigenvalue weighted by molar-refractivity contribution is -0.160. The lowest BCUT2D eigenvalue weighted by atomic mass is 9.84. The normalized spacial score (nSPS) is 16.5. The van der Waals surface area contributed by atoms with Crippen molar-refractivity contribution < 1.29 is 19.4 Å². The van der Waals surface area contributed by atoms with E-state index in [1.54, 1.807) is 0 Å². The molecule has 2 aromatic carbocycles. The highest BCUT2D eigenvalue weighted by Gasteiger charge is 2.41. The van der Waals surface area contributed by atoms with Crippen molar-refractivity contribution in [1.82, 2.24) is 0 Å². The van der Waals surface area contributed by atoms with Crippen LogP contribution in [0.2, 0.25) is 0 Å². The number of benzene rings is 2. The highest BCUT2D eigenvalue weighted by molar-refractivity contribution is 6.10. The fourth-order valence-corrected chi connectivity index (χ4v) is 4.78. The maximum Gasteiger partial charge on any atom is 0.337 e. The summed E-state index contributed by atoms with van der Waals surface area (Å²) >= 11 is 0. The van der Waals surface area contributed by atoms with E-state index in [1.807, 2.05) is 70.8 Å². The second-order valence-corrected chi connectivity index (χ2v) is 9.55. The number of hydrogen-bond donors (Lipinski definition) is 1. The van der Waals surface area contributed by atoms with E-state index in [9.17, 15) is 14.7 Å². The predicted molar refractivity (Wildman–Crippen MR) is 122 cm³/mol. The van der Waals surface area contributed by atoms with Gasteiger partial charge >= 0.3 is 5.97 Å². The van der Waals surface area contributed by atoms with Gasteiger partial charge in [0.2, 0.25) is 5.91 Å². The number of carbonyl (C=O) groups excluding carboxylic acids is 1. The Bertz CT molecular complexity index is 1070. The first kappa shape index (κ1) is 21.4. The molecule has 0 saturated carbocycles. The Balaban J connectivity index is 2.09. The van der Waals surface area contributed by atoms with Crippen LogP contribution in [0.4, 0.5) is 11.4 Å². The number of carboxylic acids is 1. The highest BCUT2D eigenvalue weighted by atomic mass is 16.5. The number of carbonyl (C=O) groups is 2. The molecule has 1 amide bonds. The zero-order chi connectivity index (χ0) is 22.7. The van der Waals surface area contributed by atoms with Gasteiger partial charge in [0.1, 0.15) is 0 Å². The lowest BCUT2D eigenvalue weighted by Gasteiger charge is -2.37. The third-order valence-corrected chi connectivity index (χ3v) is 6.08. The second-order valence-electron chi connectivity index (χ2n) is 9.55. The van der Waals surface area contributed by atoms with Gasteiger partial charge in [0.15, 0.2) is 6.10 Å². The molecule has 164 valence electrons. The summed E-state index contributed by atoms with van der Waals surface area (Å²) in [6, 6.07) is 8.04. The summed E-state index contributed by atoms with van der Waals surface area (Å²) in [6.07, 6.45) is -0.869. The van der Waals surface area contributed by atoms with Crippen LogP contribution in [0.25, 0.3) is 11.1 Å². The number of amides is 1. The zero-order valence-corrected chi connectivity index (χ0v) is 19.1. The third kappa shape index (κ3) is 3.59. The Hall–Kier alpha value is -2.86. The standard InChI is InChI=1S/C25H30N2O4/c1-14-7-9-16(10-8-14)20-17-13-18(28)27-12-11-26(6)21(22(17)27)15(2)19(20)23(24(29)30)31-25(3,4)5/h7-10,23H,11-13H2,1-6H3,(H,29,30)/t23-/m0/s1. The largest absolute Gasteiger partial charge is 0.479 e. The van der Waals surface area contributed by atoms with Crippen LogP contribution in [-0.2, 0) is 20.7 Å². The molecule has 0 aliphatic carbocycles. The van der Waals surface area contributed by atoms with E-state index in [1.165, 1.54) is 0 Å². The van der Waals surface area contributed by atoms with Crippen LogP contribution in [0.5, 0.6) is 0 Å². The molecule has 6 heteroatoms. The van der Waals surface area contributed by atoms with Gasteiger partial charge in [-0.15, -0.1) is 0 Å². The van der Waals surface area contributed by atoms with Crippen molar-refractivity contribution >= 4 is 23.3 Å². The van der Waals surface area contributed by atoms with Crippen LogP contribution >= 0.6 is 0 Å². The van der Waals surface area contributed by atoms with Crippen molar-refractivity contribution in [2.45, 2.75) is 52.7 Å². The number of nitrogens with zero attached hydrogens (tertiary/aromatic N) is 2. The number of ether oxygens (including phenoxy) is 1. The maximum atomic E-state index is 12.9. The van der Waals surface area contributed by atoms with Crippen molar-refractivity contribution in [2.75, 3.05) is 29.9 Å². The molecular formula is C25H30N2O4. The zero-order valence-electron chi connectivity index (χ0n) is 19.1. The van der Waals surface area contributed by atoms with Crippen molar-refractivity contribution in [2.24, 2.45) is 0 Å². The first-order chi connectivity index (χ1) is 14.5. The average molecular weight is 423 g/mol. The topological polar surface area (TPSA) is 70.1 Å². The summed E-state index contributed by atoms with van der Waals surface area (Å²) in [5.74, 6) is -0.962. The summed E-state index contributed by atoms with van der Waals surface area (Å²) in [5.41, 5.74) is 6.46. The molecule has 0 radical (unpaired) electrons. The van der Waals surface area contributed by atoms with E-state index in [4.69, 9.17) is 4.74 Å². The number of rotatable bonds is 4. The van der Waals surface area contributed by atoms with Crippen LogP contribution in [-0.4, -0.2) is 42.7 Å². The SMILES string of the molecule is Cc1ccc(-c2c3c4c(c(C)c2[C@H](OC(C)(C)C)C(=O)O)N(C)CCN4C(=O)C3)cc1. The molecule has 2 aromatic rings. The Morgan fingerprint density at radius 2 is 1.74 bits per heavy atom. The third-order valence-electron chi connectivity index (χ3n) is 6.08. The Morgan fingerprint density at radius 3 is 2.32 bits per heavy atom. The van der Waals surface area contributed by atoms with Gasteiger partial charge in [-0.2, -0.15) is 0 Å². The van der Waals surface area contributed by atoms with Gasteiger partial charge in [-0.05, 0) is 56.9 Å². The maximum absolute atomic E-state index is 12.9. The first-order valence-electron chi connectivity index (χ1n) is 10.7. The number of aliphatic carboxylic acids is 1. The Morgan fingerprint density at radius 1 is 1.10 bits per heavy atom. The Labute approximate surface area is 183 Å². The van der Waals surface area contributed by atoms with E-state index in [-0.39, 0.29) is 12.3 Å². The lowest BCUT2D eigenvalue weighted by Crippen LogP contribution is -2.40. The first-order valence-corrected chi connectivity index (χ1v) is 10.7. The van der Waals surface area contributed by atoms with Crippen molar-refractivity contribution in [3.8, 4) is 11.1 Å². The molecule has 0 fully saturated rings. The van der Waals surface area contributed by atoms with E-state index in [0.29, 0.717) is 18.7 Å². The molecular weight excluding hydrogens is 392 g/mol. The molecule has 1 atom stereocenters. The van der Waals surface area contributed by atoms with Gasteiger partial charge in [0, 0.05) is 25.7 Å². The molecule has 2 heterocycles. The highest BCUT2D eigenvalue weighted by Crippen LogP contribution is 2.51. The second kappa shape index (κ2) is 7.38. The Kier molecular flexibility index (Phi) is 5.09. The van der Waals surface area contributed by atoms with Crippen molar-refractivity contribution in [3.63, 3.8) is 0 Å². The molecule has 1 N–H and O–H groups in total. The predicted octanol–water partition coefficient (Wildman–Crippen LogP) is 4.25. The molecule has 0 unspecified atom stereocenters. The van der Waals surface area contributed by atoms with Crippen molar-refractivity contribution in [1.29, 1.82) is 0 Å². The van der Waals surface area contributed by atoms with E-state index < -0.39 is 17.7 Å². The number of likely N-dealkylation sites (N-methyl/N-ethyl adjacent to an activating group) is 1. The van der Waals surface area contributed by atoms with Crippen LogP contribution in [0, 0.1) is 13.8 Å². The van der Waals surface area contributed by atoms with Crippen LogP contribution in [0.3, 0.4) is 0 Å². The van der Waals surface area contributed by atoms with Crippen LogP contribution in [0.15, 0.2) is 24.3 Å². The minimum absolute atomic E-state index is 0.0675. The average Bonchev–Trinajstić information content (AvgIpc) is 3.00. The van der Waals surface area contributed by atoms with E-state index in [0.717, 1.165) is 39.2 Å². The molecule has 31 heavy (non-hydrogen) atoms. The monoisotopic (exact) mass is 422 g/mol. The smallest absolute Gasteiger partial charge is 0.337 e. The molecule has 0 aromatic heterocycles. The number of aryl methyl sites for hydroxylation is 1. The summed E-state index contributed by atoms with van der Waals surface area (Å²) in [4.78, 5) is 29.4. The molecule has 2 aliphatic heterocycles. The van der Waals surface area contributed by atoms with Crippen LogP contribution < -0.4 is 9.80 Å². The molecule has 6 nitrogen and oxygen atoms in total. The molecule has 4 rings (SSSR count). The molecule has 0 spiro atoms. The molecule has 0 bridgehead atoms. The van der Waals surface area contributed by atoms with E-state index in [2.05, 4.69) is 4.90 Å². The fourth-order valence-electron chi connectivity index (χ4n) is 4.78. The molecule has 0 saturated heterocycles. The van der Waals surface area contributed by atoms with Gasteiger partial charge in [-0.1, -0.05) is 29.8 Å². The van der Waals surface area contributed by atoms with Crippen LogP contribution in [0.1, 0.15) is 49.1 Å². The van der Waals surface area contributed by atoms with Gasteiger partial charge in [0.25, 0.3) is 0 Å². The summed E-state index contributed by atoms with van der Waals surface area (Å²) in [6.45, 7) is 10.9. The van der Waals surface area contributed by atoms with Crippen molar-refractivity contribution in [3.05, 3.63) is 46.5 Å². The molecule has 2 aliphatic rings. The number of carboxylic acid groups (broad SMARTS) is 1. The number of hydrogen-bond acceptors (Lipinski definition) is 4. The summed E-state index contributed by atoms with van der Waals surface area (Å²) in [5, 5.41) is 10.2. The minimum Gasteiger partial charge on any atom is -0.479 e. The summed E-state index contributed by atoms with van der Waals surface area (Å²) in [7, 11) is 2.00. The minimum atomic E-state index is -1.14. The fraction of sp³-hybridized carbons (Fsp3) is 0.440.